The topological polar surface area (TPSA) is 20.3 Å². The molecule has 1 amide bonds. The van der Waals surface area contributed by atoms with Crippen LogP contribution in [-0.2, 0) is 4.79 Å². The number of hydrogen-bond acceptors (Lipinski definition) is 3. The molecule has 1 aliphatic heterocycles. The van der Waals surface area contributed by atoms with Crippen LogP contribution in [0.3, 0.4) is 0 Å². The van der Waals surface area contributed by atoms with Crippen molar-refractivity contribution in [3.8, 4) is 0 Å². The molecule has 1 aliphatic rings. The SMILES string of the molecule is CSC[C@H](C)C(=O)N1CCS[C@H](C(C)C)C1. The van der Waals surface area contributed by atoms with Crippen LogP contribution >= 0.6 is 23.5 Å². The minimum absolute atomic E-state index is 0.172. The van der Waals surface area contributed by atoms with Gasteiger partial charge in [-0.3, -0.25) is 4.79 Å². The van der Waals surface area contributed by atoms with Crippen molar-refractivity contribution in [2.75, 3.05) is 30.9 Å². The molecule has 2 nitrogen and oxygen atoms in total. The Morgan fingerprint density at radius 3 is 2.75 bits per heavy atom. The van der Waals surface area contributed by atoms with Crippen LogP contribution in [0.5, 0.6) is 0 Å². The molecule has 0 aromatic carbocycles. The average molecular weight is 261 g/mol. The van der Waals surface area contributed by atoms with Gasteiger partial charge in [-0.15, -0.1) is 0 Å². The Labute approximate surface area is 108 Å². The van der Waals surface area contributed by atoms with Crippen LogP contribution in [0.2, 0.25) is 0 Å². The number of amides is 1. The van der Waals surface area contributed by atoms with E-state index < -0.39 is 0 Å². The molecule has 0 aromatic heterocycles. The zero-order chi connectivity index (χ0) is 12.1. The minimum atomic E-state index is 0.172. The number of carbonyl (C=O) groups is 1. The third-order valence-corrected chi connectivity index (χ3v) is 5.36. The number of hydrogen-bond donors (Lipinski definition) is 0. The Bertz CT molecular complexity index is 233. The minimum Gasteiger partial charge on any atom is -0.340 e. The Balaban J connectivity index is 2.49. The summed E-state index contributed by atoms with van der Waals surface area (Å²) in [6, 6.07) is 0. The van der Waals surface area contributed by atoms with E-state index >= 15 is 0 Å². The lowest BCUT2D eigenvalue weighted by atomic mass is 10.1. The van der Waals surface area contributed by atoms with Gasteiger partial charge in [0.15, 0.2) is 0 Å². The summed E-state index contributed by atoms with van der Waals surface area (Å²) in [5.41, 5.74) is 0. The van der Waals surface area contributed by atoms with Crippen LogP contribution in [0, 0.1) is 11.8 Å². The molecule has 0 bridgehead atoms. The van der Waals surface area contributed by atoms with Crippen LogP contribution in [0.25, 0.3) is 0 Å². The van der Waals surface area contributed by atoms with Crippen molar-refractivity contribution in [2.45, 2.75) is 26.0 Å². The number of carbonyl (C=O) groups excluding carboxylic acids is 1. The van der Waals surface area contributed by atoms with Gasteiger partial charge in [-0.05, 0) is 12.2 Å². The molecule has 94 valence electrons. The van der Waals surface area contributed by atoms with E-state index in [1.807, 2.05) is 18.7 Å². The van der Waals surface area contributed by atoms with Gasteiger partial charge in [0.25, 0.3) is 0 Å². The lowest BCUT2D eigenvalue weighted by Crippen LogP contribution is -2.45. The maximum Gasteiger partial charge on any atom is 0.226 e. The van der Waals surface area contributed by atoms with Crippen LogP contribution < -0.4 is 0 Å². The molecule has 0 saturated carbocycles. The molecule has 16 heavy (non-hydrogen) atoms. The standard InChI is InChI=1S/C12H23NOS2/c1-9(2)11-7-13(5-6-16-11)12(14)10(3)8-15-4/h9-11H,5-8H2,1-4H3/t10-,11-/m0/s1. The largest absolute Gasteiger partial charge is 0.340 e. The molecule has 0 radical (unpaired) electrons. The van der Waals surface area contributed by atoms with E-state index in [0.29, 0.717) is 17.1 Å². The monoisotopic (exact) mass is 261 g/mol. The summed E-state index contributed by atoms with van der Waals surface area (Å²) in [5.74, 6) is 3.22. The molecular formula is C12H23NOS2. The summed E-state index contributed by atoms with van der Waals surface area (Å²) in [6.45, 7) is 8.42. The highest BCUT2D eigenvalue weighted by Crippen LogP contribution is 2.26. The third-order valence-electron chi connectivity index (χ3n) is 2.99. The Morgan fingerprint density at radius 2 is 2.19 bits per heavy atom. The molecule has 0 aromatic rings. The van der Waals surface area contributed by atoms with E-state index in [9.17, 15) is 4.79 Å². The smallest absolute Gasteiger partial charge is 0.226 e. The zero-order valence-electron chi connectivity index (χ0n) is 10.7. The van der Waals surface area contributed by atoms with E-state index in [1.54, 1.807) is 11.8 Å². The van der Waals surface area contributed by atoms with E-state index in [1.165, 1.54) is 0 Å². The fraction of sp³-hybridized carbons (Fsp3) is 0.917. The first-order valence-corrected chi connectivity index (χ1v) is 8.39. The number of rotatable bonds is 4. The van der Waals surface area contributed by atoms with Crippen LogP contribution in [0.4, 0.5) is 0 Å². The summed E-state index contributed by atoms with van der Waals surface area (Å²) >= 11 is 3.77. The number of nitrogens with zero attached hydrogens (tertiary/aromatic N) is 1. The van der Waals surface area contributed by atoms with Crippen LogP contribution in [0.15, 0.2) is 0 Å². The molecule has 1 fully saturated rings. The molecule has 1 heterocycles. The lowest BCUT2D eigenvalue weighted by molar-refractivity contribution is -0.134. The highest BCUT2D eigenvalue weighted by Gasteiger charge is 2.28. The fourth-order valence-corrected chi connectivity index (χ4v) is 3.85. The summed E-state index contributed by atoms with van der Waals surface area (Å²) in [6.07, 6.45) is 2.06. The van der Waals surface area contributed by atoms with Crippen LogP contribution in [-0.4, -0.2) is 46.9 Å². The maximum absolute atomic E-state index is 12.2. The van der Waals surface area contributed by atoms with E-state index in [-0.39, 0.29) is 5.92 Å². The molecule has 0 spiro atoms. The predicted octanol–water partition coefficient (Wildman–Crippen LogP) is 2.59. The van der Waals surface area contributed by atoms with Gasteiger partial charge in [-0.25, -0.2) is 0 Å². The normalized spacial score (nSPS) is 23.6. The Morgan fingerprint density at radius 1 is 1.50 bits per heavy atom. The van der Waals surface area contributed by atoms with Gasteiger partial charge in [0.05, 0.1) is 0 Å². The Hall–Kier alpha value is 0.170. The van der Waals surface area contributed by atoms with E-state index in [2.05, 4.69) is 25.0 Å². The first kappa shape index (κ1) is 14.2. The maximum atomic E-state index is 12.2. The average Bonchev–Trinajstić information content (AvgIpc) is 2.28. The van der Waals surface area contributed by atoms with Gasteiger partial charge in [0.1, 0.15) is 0 Å². The second kappa shape index (κ2) is 6.80. The van der Waals surface area contributed by atoms with Gasteiger partial charge in [-0.2, -0.15) is 23.5 Å². The summed E-state index contributed by atoms with van der Waals surface area (Å²) in [7, 11) is 0. The van der Waals surface area contributed by atoms with Gasteiger partial charge < -0.3 is 4.90 Å². The van der Waals surface area contributed by atoms with Crippen molar-refractivity contribution in [1.29, 1.82) is 0 Å². The fourth-order valence-electron chi connectivity index (χ4n) is 1.91. The van der Waals surface area contributed by atoms with Crippen molar-refractivity contribution in [1.82, 2.24) is 4.90 Å². The summed E-state index contributed by atoms with van der Waals surface area (Å²) < 4.78 is 0. The molecule has 2 atom stereocenters. The molecule has 0 N–H and O–H groups in total. The quantitative estimate of drug-likeness (QED) is 0.776. The first-order chi connectivity index (χ1) is 7.56. The molecular weight excluding hydrogens is 238 g/mol. The molecule has 1 rings (SSSR count). The summed E-state index contributed by atoms with van der Waals surface area (Å²) in [4.78, 5) is 14.2. The molecule has 0 unspecified atom stereocenters. The van der Waals surface area contributed by atoms with Crippen LogP contribution in [0.1, 0.15) is 20.8 Å². The van der Waals surface area contributed by atoms with Crippen molar-refractivity contribution >= 4 is 29.4 Å². The highest BCUT2D eigenvalue weighted by molar-refractivity contribution is 8.00. The van der Waals surface area contributed by atoms with Gasteiger partial charge >= 0.3 is 0 Å². The second-order valence-electron chi connectivity index (χ2n) is 4.79. The zero-order valence-corrected chi connectivity index (χ0v) is 12.4. The second-order valence-corrected chi connectivity index (χ2v) is 7.05. The van der Waals surface area contributed by atoms with Gasteiger partial charge in [0.2, 0.25) is 5.91 Å². The highest BCUT2D eigenvalue weighted by atomic mass is 32.2. The lowest BCUT2D eigenvalue weighted by Gasteiger charge is -2.35. The van der Waals surface area contributed by atoms with Gasteiger partial charge in [-0.1, -0.05) is 20.8 Å². The Kier molecular flexibility index (Phi) is 6.05. The molecule has 1 saturated heterocycles. The number of thioether (sulfide) groups is 2. The third kappa shape index (κ3) is 3.88. The van der Waals surface area contributed by atoms with Crippen molar-refractivity contribution in [3.05, 3.63) is 0 Å². The van der Waals surface area contributed by atoms with Gasteiger partial charge in [0, 0.05) is 35.8 Å². The molecule has 4 heteroatoms. The van der Waals surface area contributed by atoms with E-state index in [4.69, 9.17) is 0 Å². The van der Waals surface area contributed by atoms with E-state index in [0.717, 1.165) is 24.6 Å². The van der Waals surface area contributed by atoms with Crippen molar-refractivity contribution in [3.63, 3.8) is 0 Å². The molecule has 0 aliphatic carbocycles. The van der Waals surface area contributed by atoms with Crippen molar-refractivity contribution in [2.24, 2.45) is 11.8 Å². The summed E-state index contributed by atoms with van der Waals surface area (Å²) in [5, 5.41) is 0.624. The predicted molar refractivity (Wildman–Crippen MR) is 75.2 cm³/mol. The van der Waals surface area contributed by atoms with Crippen molar-refractivity contribution < 1.29 is 4.79 Å². The first-order valence-electron chi connectivity index (χ1n) is 5.95.